The monoisotopic (exact) mass is 513 g/mol. The summed E-state index contributed by atoms with van der Waals surface area (Å²) in [6.45, 7) is 0. The Bertz CT molecular complexity index is 1080. The van der Waals surface area contributed by atoms with Gasteiger partial charge in [-0.25, -0.2) is 16.8 Å². The van der Waals surface area contributed by atoms with E-state index in [1.54, 1.807) is 0 Å². The Hall–Kier alpha value is -1.96. The van der Waals surface area contributed by atoms with Crippen molar-refractivity contribution in [3.63, 3.8) is 0 Å². The van der Waals surface area contributed by atoms with Gasteiger partial charge in [0.05, 0.1) is 50.8 Å². The summed E-state index contributed by atoms with van der Waals surface area (Å²) >= 11 is 11.9. The van der Waals surface area contributed by atoms with Crippen LogP contribution in [0, 0.1) is 10.1 Å². The Morgan fingerprint density at radius 1 is 0.839 bits per heavy atom. The molecular formula is C16H17Cl2N3O8S2. The predicted octanol–water partition coefficient (Wildman–Crippen LogP) is -0.137. The summed E-state index contributed by atoms with van der Waals surface area (Å²) in [4.78, 5) is 35.6. The molecule has 1 aromatic rings. The highest BCUT2D eigenvalue weighted by Crippen LogP contribution is 2.22. The van der Waals surface area contributed by atoms with Gasteiger partial charge in [0, 0.05) is 23.3 Å². The predicted molar refractivity (Wildman–Crippen MR) is 112 cm³/mol. The highest BCUT2D eigenvalue weighted by atomic mass is 35.5. The van der Waals surface area contributed by atoms with Crippen LogP contribution in [0.15, 0.2) is 18.2 Å². The van der Waals surface area contributed by atoms with Gasteiger partial charge in [-0.15, -0.1) is 23.2 Å². The van der Waals surface area contributed by atoms with Gasteiger partial charge < -0.3 is 10.6 Å². The second-order valence-corrected chi connectivity index (χ2v) is 12.8. The maximum atomic E-state index is 12.6. The van der Waals surface area contributed by atoms with Crippen LogP contribution in [-0.2, 0) is 19.7 Å². The second-order valence-electron chi connectivity index (χ2n) is 7.37. The first-order valence-electron chi connectivity index (χ1n) is 8.86. The van der Waals surface area contributed by atoms with Crippen LogP contribution in [-0.4, -0.2) is 79.4 Å². The summed E-state index contributed by atoms with van der Waals surface area (Å²) in [5, 5.41) is 14.4. The van der Waals surface area contributed by atoms with Gasteiger partial charge in [-0.2, -0.15) is 0 Å². The largest absolute Gasteiger partial charge is 0.347 e. The van der Waals surface area contributed by atoms with Crippen LogP contribution in [0.5, 0.6) is 0 Å². The number of nitrogens with one attached hydrogen (secondary N) is 2. The Kier molecular flexibility index (Phi) is 6.52. The summed E-state index contributed by atoms with van der Waals surface area (Å²) in [6.07, 6.45) is 0. The van der Waals surface area contributed by atoms with Crippen LogP contribution >= 0.6 is 23.2 Å². The van der Waals surface area contributed by atoms with Gasteiger partial charge in [0.25, 0.3) is 17.5 Å². The van der Waals surface area contributed by atoms with Crippen molar-refractivity contribution in [2.45, 2.75) is 22.8 Å². The molecule has 2 saturated heterocycles. The molecule has 2 aliphatic rings. The fraction of sp³-hybridized carbons (Fsp3) is 0.500. The molecule has 2 amide bonds. The number of carbonyl (C=O) groups excluding carboxylic acids is 2. The molecule has 2 N–H and O–H groups in total. The SMILES string of the molecule is O=C(N[C@H]1CS(=O)(=O)C[C@@H]1Cl)c1cc(C(=O)N[C@@H]2CS(=O)(=O)C[C@@H]2Cl)cc([N+](=O)[O-])c1. The summed E-state index contributed by atoms with van der Waals surface area (Å²) in [7, 11) is -6.85. The minimum Gasteiger partial charge on any atom is -0.347 e. The van der Waals surface area contributed by atoms with E-state index in [1.807, 2.05) is 0 Å². The van der Waals surface area contributed by atoms with E-state index in [-0.39, 0.29) is 34.1 Å². The minimum absolute atomic E-state index is 0.256. The number of halogens is 2. The highest BCUT2D eigenvalue weighted by molar-refractivity contribution is 7.92. The van der Waals surface area contributed by atoms with Gasteiger partial charge in [0.2, 0.25) is 0 Å². The zero-order valence-electron chi connectivity index (χ0n) is 15.7. The molecule has 0 saturated carbocycles. The summed E-state index contributed by atoms with van der Waals surface area (Å²) in [5.41, 5.74) is -1.07. The van der Waals surface area contributed by atoms with Crippen molar-refractivity contribution in [1.29, 1.82) is 0 Å². The van der Waals surface area contributed by atoms with Crippen LogP contribution in [0.2, 0.25) is 0 Å². The zero-order chi connectivity index (χ0) is 23.1. The van der Waals surface area contributed by atoms with E-state index in [1.165, 1.54) is 0 Å². The smallest absolute Gasteiger partial charge is 0.271 e. The Labute approximate surface area is 187 Å². The number of nitro groups is 1. The number of benzene rings is 1. The van der Waals surface area contributed by atoms with Crippen LogP contribution < -0.4 is 10.6 Å². The molecule has 0 aliphatic carbocycles. The summed E-state index contributed by atoms with van der Waals surface area (Å²) in [6, 6.07) is 1.16. The number of carbonyl (C=O) groups is 2. The first-order valence-corrected chi connectivity index (χ1v) is 13.4. The van der Waals surface area contributed by atoms with E-state index >= 15 is 0 Å². The first kappa shape index (κ1) is 23.7. The van der Waals surface area contributed by atoms with Crippen LogP contribution in [0.3, 0.4) is 0 Å². The molecule has 1 aromatic carbocycles. The van der Waals surface area contributed by atoms with Gasteiger partial charge in [0.15, 0.2) is 19.7 Å². The normalized spacial score (nSPS) is 28.7. The molecule has 0 unspecified atom stereocenters. The number of hydrogen-bond donors (Lipinski definition) is 2. The molecule has 2 aliphatic heterocycles. The number of alkyl halides is 2. The molecule has 170 valence electrons. The summed E-state index contributed by atoms with van der Waals surface area (Å²) < 4.78 is 46.6. The molecule has 0 bridgehead atoms. The molecule has 0 radical (unpaired) electrons. The molecule has 0 aromatic heterocycles. The molecule has 2 heterocycles. The highest BCUT2D eigenvalue weighted by Gasteiger charge is 2.39. The lowest BCUT2D eigenvalue weighted by Gasteiger charge is -2.16. The van der Waals surface area contributed by atoms with Gasteiger partial charge in [-0.05, 0) is 6.07 Å². The first-order chi connectivity index (χ1) is 14.3. The van der Waals surface area contributed by atoms with E-state index in [2.05, 4.69) is 10.6 Å². The molecule has 2 fully saturated rings. The number of nitrogens with zero attached hydrogens (tertiary/aromatic N) is 1. The van der Waals surface area contributed by atoms with Crippen molar-refractivity contribution in [3.8, 4) is 0 Å². The Morgan fingerprint density at radius 3 is 1.52 bits per heavy atom. The molecule has 15 heteroatoms. The van der Waals surface area contributed by atoms with Crippen molar-refractivity contribution in [2.75, 3.05) is 23.0 Å². The Morgan fingerprint density at radius 2 is 1.23 bits per heavy atom. The minimum atomic E-state index is -3.42. The third kappa shape index (κ3) is 5.64. The fourth-order valence-electron chi connectivity index (χ4n) is 3.36. The number of non-ortho nitro benzene ring substituents is 1. The van der Waals surface area contributed by atoms with E-state index in [4.69, 9.17) is 23.2 Å². The fourth-order valence-corrected chi connectivity index (χ4v) is 8.46. The van der Waals surface area contributed by atoms with Crippen molar-refractivity contribution in [3.05, 3.63) is 39.4 Å². The topological polar surface area (TPSA) is 170 Å². The lowest BCUT2D eigenvalue weighted by molar-refractivity contribution is -0.384. The zero-order valence-corrected chi connectivity index (χ0v) is 18.8. The molecule has 11 nitrogen and oxygen atoms in total. The second kappa shape index (κ2) is 8.52. The number of rotatable bonds is 5. The van der Waals surface area contributed by atoms with E-state index in [0.29, 0.717) is 0 Å². The van der Waals surface area contributed by atoms with E-state index in [0.717, 1.165) is 18.2 Å². The van der Waals surface area contributed by atoms with Crippen LogP contribution in [0.1, 0.15) is 20.7 Å². The average Bonchev–Trinajstić information content (AvgIpc) is 3.06. The third-order valence-electron chi connectivity index (χ3n) is 4.85. The van der Waals surface area contributed by atoms with Gasteiger partial charge >= 0.3 is 0 Å². The number of sulfone groups is 2. The average molecular weight is 514 g/mol. The lowest BCUT2D eigenvalue weighted by atomic mass is 10.1. The molecule has 0 spiro atoms. The molecule has 4 atom stereocenters. The maximum absolute atomic E-state index is 12.6. The molecule has 31 heavy (non-hydrogen) atoms. The van der Waals surface area contributed by atoms with Crippen molar-refractivity contribution >= 4 is 60.4 Å². The maximum Gasteiger partial charge on any atom is 0.271 e. The van der Waals surface area contributed by atoms with E-state index in [9.17, 15) is 36.5 Å². The molecular weight excluding hydrogens is 497 g/mol. The molecule has 3 rings (SSSR count). The van der Waals surface area contributed by atoms with Crippen molar-refractivity contribution in [1.82, 2.24) is 10.6 Å². The lowest BCUT2D eigenvalue weighted by Crippen LogP contribution is -2.41. The van der Waals surface area contributed by atoms with Gasteiger partial charge in [-0.1, -0.05) is 0 Å². The standard InChI is InChI=1S/C16H17Cl2N3O8S2/c17-11-4-30(26,27)6-13(11)19-15(22)8-1-9(3-10(2-8)21(24)25)16(23)20-14-7-31(28,29)5-12(14)18/h1-3,11-14H,4-7H2,(H,19,22)(H,20,23)/t11-,12-,13-,14+/m0/s1. The number of nitro benzene ring substituents is 1. The Balaban J connectivity index is 1.83. The third-order valence-corrected chi connectivity index (χ3v) is 9.60. The van der Waals surface area contributed by atoms with E-state index < -0.39 is 64.9 Å². The van der Waals surface area contributed by atoms with Gasteiger partial charge in [0.1, 0.15) is 0 Å². The number of amides is 2. The quantitative estimate of drug-likeness (QED) is 0.311. The van der Waals surface area contributed by atoms with Gasteiger partial charge in [-0.3, -0.25) is 19.7 Å². The number of hydrogen-bond acceptors (Lipinski definition) is 8. The van der Waals surface area contributed by atoms with Crippen LogP contribution in [0.4, 0.5) is 5.69 Å². The van der Waals surface area contributed by atoms with Crippen molar-refractivity contribution in [2.24, 2.45) is 0 Å². The summed E-state index contributed by atoms with van der Waals surface area (Å²) in [5.74, 6) is -3.06. The van der Waals surface area contributed by atoms with Crippen molar-refractivity contribution < 1.29 is 31.3 Å². The van der Waals surface area contributed by atoms with Crippen LogP contribution in [0.25, 0.3) is 0 Å².